The molecule has 0 fully saturated rings. The van der Waals surface area contributed by atoms with Crippen molar-refractivity contribution in [3.63, 3.8) is 0 Å². The second-order valence-corrected chi connectivity index (χ2v) is 10.2. The van der Waals surface area contributed by atoms with E-state index in [1.54, 1.807) is 27.8 Å². The van der Waals surface area contributed by atoms with Crippen molar-refractivity contribution in [1.29, 1.82) is 0 Å². The number of carbonyl (C=O) groups excluding carboxylic acids is 1. The minimum absolute atomic E-state index is 0.0493. The maximum absolute atomic E-state index is 13.7. The third kappa shape index (κ3) is 5.95. The summed E-state index contributed by atoms with van der Waals surface area (Å²) >= 11 is 3.07. The average Bonchev–Trinajstić information content (AvgIpc) is 3.38. The molecule has 0 spiro atoms. The Labute approximate surface area is 204 Å². The van der Waals surface area contributed by atoms with Crippen molar-refractivity contribution in [2.75, 3.05) is 24.2 Å². The summed E-state index contributed by atoms with van der Waals surface area (Å²) in [4.78, 5) is 26.5. The van der Waals surface area contributed by atoms with E-state index in [1.807, 2.05) is 0 Å². The number of aromatic nitrogens is 4. The first-order valence-electron chi connectivity index (χ1n) is 9.95. The topological polar surface area (TPSA) is 146 Å². The number of hydrogen-bond acceptors (Lipinski definition) is 9. The summed E-state index contributed by atoms with van der Waals surface area (Å²) in [5.41, 5.74) is -0.694. The van der Waals surface area contributed by atoms with Crippen LogP contribution in [0.1, 0.15) is 27.2 Å². The molecule has 0 saturated heterocycles. The van der Waals surface area contributed by atoms with Gasteiger partial charge >= 0.3 is 11.8 Å². The normalized spacial score (nSPS) is 12.5. The van der Waals surface area contributed by atoms with Crippen LogP contribution in [0.25, 0.3) is 17.2 Å². The molecule has 2 aromatic heterocycles. The van der Waals surface area contributed by atoms with Gasteiger partial charge in [0, 0.05) is 12.3 Å². The predicted molar refractivity (Wildman–Crippen MR) is 123 cm³/mol. The lowest BCUT2D eigenvalue weighted by molar-refractivity contribution is 0.0578. The number of ether oxygens (including phenoxy) is 1. The molecule has 12 nitrogen and oxygen atoms in total. The number of halogens is 2. The first-order valence-corrected chi connectivity index (χ1v) is 12.1. The van der Waals surface area contributed by atoms with Gasteiger partial charge in [0.05, 0.1) is 21.1 Å². The number of nitrogens with one attached hydrogen (secondary N) is 1. The summed E-state index contributed by atoms with van der Waals surface area (Å²) in [5.74, 6) is -1.39. The molecular formula is C19H22BrFN6O6S. The first kappa shape index (κ1) is 25.7. The summed E-state index contributed by atoms with van der Waals surface area (Å²) in [5, 5.41) is 11.4. The monoisotopic (exact) mass is 560 g/mol. The van der Waals surface area contributed by atoms with Crippen LogP contribution in [0.3, 0.4) is 0 Å². The largest absolute Gasteiger partial charge is 0.446 e. The van der Waals surface area contributed by atoms with Gasteiger partial charge in [-0.05, 0) is 78.7 Å². The maximum atomic E-state index is 13.7. The van der Waals surface area contributed by atoms with E-state index >= 15 is 0 Å². The molecule has 1 N–H and O–H groups in total. The number of anilines is 1. The Morgan fingerprint density at radius 2 is 2.06 bits per heavy atom. The van der Waals surface area contributed by atoms with Gasteiger partial charge in [-0.3, -0.25) is 9.42 Å². The zero-order valence-corrected chi connectivity index (χ0v) is 21.1. The minimum atomic E-state index is -1.29. The van der Waals surface area contributed by atoms with Gasteiger partial charge in [-0.1, -0.05) is 5.16 Å². The van der Waals surface area contributed by atoms with Gasteiger partial charge in [0.15, 0.2) is 5.69 Å². The molecule has 0 aliphatic rings. The summed E-state index contributed by atoms with van der Waals surface area (Å²) in [6.45, 7) is 5.14. The Morgan fingerprint density at radius 3 is 2.71 bits per heavy atom. The van der Waals surface area contributed by atoms with Gasteiger partial charge in [0.1, 0.15) is 11.4 Å². The van der Waals surface area contributed by atoms with E-state index in [2.05, 4.69) is 36.1 Å². The van der Waals surface area contributed by atoms with Gasteiger partial charge < -0.3 is 4.74 Å². The number of carbonyl (C=O) groups is 1. The third-order valence-corrected chi connectivity index (χ3v) is 5.98. The molecule has 2 heterocycles. The predicted octanol–water partition coefficient (Wildman–Crippen LogP) is 2.79. The molecular weight excluding hydrogens is 539 g/mol. The van der Waals surface area contributed by atoms with E-state index in [0.717, 1.165) is 15.5 Å². The molecule has 0 bridgehead atoms. The van der Waals surface area contributed by atoms with Crippen LogP contribution >= 0.6 is 15.9 Å². The smallest absolute Gasteiger partial charge is 0.443 e. The van der Waals surface area contributed by atoms with Crippen LogP contribution in [0, 0.1) is 5.82 Å². The van der Waals surface area contributed by atoms with Crippen LogP contribution in [0.4, 0.5) is 15.0 Å². The number of hydrogen-bond donors (Lipinski definition) is 1. The molecule has 1 unspecified atom stereocenters. The van der Waals surface area contributed by atoms with Crippen molar-refractivity contribution in [3.8, 4) is 17.2 Å². The second-order valence-electron chi connectivity index (χ2n) is 7.88. The Bertz CT molecular complexity index is 1250. The van der Waals surface area contributed by atoms with E-state index in [1.165, 1.54) is 12.1 Å². The average molecular weight is 561 g/mol. The summed E-state index contributed by atoms with van der Waals surface area (Å²) in [6.07, 6.45) is -0.447. The lowest BCUT2D eigenvalue weighted by Gasteiger charge is -2.26. The summed E-state index contributed by atoms with van der Waals surface area (Å²) < 4.78 is 44.4. The molecule has 0 radical (unpaired) electrons. The fourth-order valence-corrected chi connectivity index (χ4v) is 3.77. The highest BCUT2D eigenvalue weighted by atomic mass is 79.9. The molecule has 15 heteroatoms. The van der Waals surface area contributed by atoms with Gasteiger partial charge in [-0.25, -0.2) is 32.1 Å². The maximum Gasteiger partial charge on any atom is 0.446 e. The van der Waals surface area contributed by atoms with Crippen molar-refractivity contribution in [2.45, 2.75) is 32.8 Å². The lowest BCUT2D eigenvalue weighted by atomic mass is 10.2. The van der Waals surface area contributed by atoms with Crippen molar-refractivity contribution in [2.24, 2.45) is 0 Å². The molecule has 1 aromatic carbocycles. The van der Waals surface area contributed by atoms with Crippen molar-refractivity contribution in [1.82, 2.24) is 24.8 Å². The number of benzene rings is 1. The van der Waals surface area contributed by atoms with E-state index in [9.17, 15) is 18.2 Å². The lowest BCUT2D eigenvalue weighted by Crippen LogP contribution is -2.38. The van der Waals surface area contributed by atoms with E-state index in [0.29, 0.717) is 6.42 Å². The standard InChI is InChI=1S/C19H22BrFN6O6S/c1-19(2,3)31-17(28)26(8-5-9-34(30)22-4)15-14(23-33-25-15)16-24-32-18(29)27(16)11-6-7-13(21)12(20)10-11/h6-7,10,22H,5,8-9H2,1-4H3. The molecule has 0 saturated carbocycles. The quantitative estimate of drug-likeness (QED) is 0.439. The number of amides is 1. The van der Waals surface area contributed by atoms with E-state index in [-0.39, 0.29) is 39.8 Å². The molecule has 1 atom stereocenters. The Hall–Kier alpha value is -2.91. The highest BCUT2D eigenvalue weighted by Gasteiger charge is 2.32. The SMILES string of the molecule is CNS(=O)CCCN(C(=O)OC(C)(C)C)c1nonc1-c1noc(=O)n1-c1ccc(F)c(Br)c1. The van der Waals surface area contributed by atoms with Gasteiger partial charge in [-0.15, -0.1) is 0 Å². The van der Waals surface area contributed by atoms with Crippen LogP contribution in [-0.2, 0) is 15.7 Å². The fourth-order valence-electron chi connectivity index (χ4n) is 2.81. The minimum Gasteiger partial charge on any atom is -0.443 e. The van der Waals surface area contributed by atoms with Crippen LogP contribution in [0.2, 0.25) is 0 Å². The van der Waals surface area contributed by atoms with Gasteiger partial charge in [-0.2, -0.15) is 0 Å². The summed E-state index contributed by atoms with van der Waals surface area (Å²) in [7, 11) is 0.265. The number of rotatable bonds is 8. The van der Waals surface area contributed by atoms with Gasteiger partial charge in [0.2, 0.25) is 11.6 Å². The molecule has 0 aliphatic heterocycles. The van der Waals surface area contributed by atoms with E-state index in [4.69, 9.17) is 13.9 Å². The highest BCUT2D eigenvalue weighted by molar-refractivity contribution is 9.10. The first-order chi connectivity index (χ1) is 16.0. The number of nitrogens with zero attached hydrogens (tertiary/aromatic N) is 5. The molecule has 184 valence electrons. The molecule has 0 aliphatic carbocycles. The second kappa shape index (κ2) is 10.6. The summed E-state index contributed by atoms with van der Waals surface area (Å²) in [6, 6.07) is 3.84. The van der Waals surface area contributed by atoms with Crippen LogP contribution in [0.5, 0.6) is 0 Å². The van der Waals surface area contributed by atoms with Crippen LogP contribution < -0.4 is 15.4 Å². The Balaban J connectivity index is 2.04. The zero-order chi connectivity index (χ0) is 25.0. The molecule has 3 rings (SSSR count). The molecule has 1 amide bonds. The van der Waals surface area contributed by atoms with E-state index < -0.39 is 34.3 Å². The molecule has 34 heavy (non-hydrogen) atoms. The van der Waals surface area contributed by atoms with Crippen molar-refractivity contribution < 1.29 is 27.3 Å². The fraction of sp³-hybridized carbons (Fsp3) is 0.421. The molecule has 3 aromatic rings. The Morgan fingerprint density at radius 1 is 1.32 bits per heavy atom. The van der Waals surface area contributed by atoms with Crippen molar-refractivity contribution in [3.05, 3.63) is 39.0 Å². The zero-order valence-electron chi connectivity index (χ0n) is 18.7. The van der Waals surface area contributed by atoms with Crippen molar-refractivity contribution >= 4 is 38.8 Å². The van der Waals surface area contributed by atoms with Gasteiger partial charge in [0.25, 0.3) is 0 Å². The highest BCUT2D eigenvalue weighted by Crippen LogP contribution is 2.29. The van der Waals surface area contributed by atoms with Crippen LogP contribution in [-0.4, -0.2) is 55.3 Å². The Kier molecular flexibility index (Phi) is 7.99. The van der Waals surface area contributed by atoms with Crippen LogP contribution in [0.15, 0.2) is 36.6 Å². The third-order valence-electron chi connectivity index (χ3n) is 4.26.